The molecule has 0 N–H and O–H groups in total. The Balaban J connectivity index is 0.00000138. The van der Waals surface area contributed by atoms with Crippen molar-refractivity contribution in [2.45, 2.75) is 109 Å². The van der Waals surface area contributed by atoms with Crippen LogP contribution in [-0.2, 0) is 10.8 Å². The minimum atomic E-state index is -0.0406. The number of benzene rings is 5. The van der Waals surface area contributed by atoms with Crippen molar-refractivity contribution in [2.24, 2.45) is 0 Å². The molecular weight excluding hydrogens is 601 g/mol. The molecule has 0 nitrogen and oxygen atoms in total. The first kappa shape index (κ1) is 38.4. The third kappa shape index (κ3) is 5.91. The van der Waals surface area contributed by atoms with Gasteiger partial charge >= 0.3 is 0 Å². The van der Waals surface area contributed by atoms with E-state index in [-0.39, 0.29) is 25.7 Å². The topological polar surface area (TPSA) is 0 Å². The average Bonchev–Trinajstić information content (AvgIpc) is 3.51. The Kier molecular flexibility index (Phi) is 10.8. The first-order chi connectivity index (χ1) is 22.8. The molecule has 5 aromatic carbocycles. The van der Waals surface area contributed by atoms with Crippen molar-refractivity contribution in [3.8, 4) is 11.1 Å². The van der Waals surface area contributed by atoms with Crippen LogP contribution in [0.5, 0.6) is 0 Å². The van der Waals surface area contributed by atoms with Gasteiger partial charge in [0.25, 0.3) is 0 Å². The maximum atomic E-state index is 2.43. The van der Waals surface area contributed by atoms with E-state index < -0.39 is 0 Å². The second-order valence-electron chi connectivity index (χ2n) is 15.4. The Morgan fingerprint density at radius 1 is 0.600 bits per heavy atom. The van der Waals surface area contributed by atoms with Gasteiger partial charge < -0.3 is 0 Å². The van der Waals surface area contributed by atoms with Crippen LogP contribution in [-0.4, -0.2) is 0 Å². The third-order valence-electron chi connectivity index (χ3n) is 10.2. The zero-order chi connectivity index (χ0) is 34.7. The molecule has 2 aliphatic rings. The van der Waals surface area contributed by atoms with E-state index in [1.807, 2.05) is 13.8 Å². The summed E-state index contributed by atoms with van der Waals surface area (Å²) in [6.45, 7) is 27.2. The molecular formula is C50H60. The van der Waals surface area contributed by atoms with Crippen molar-refractivity contribution in [3.05, 3.63) is 142 Å². The molecule has 0 unspecified atom stereocenters. The third-order valence-corrected chi connectivity index (χ3v) is 10.2. The van der Waals surface area contributed by atoms with E-state index in [0.29, 0.717) is 0 Å². The fourth-order valence-corrected chi connectivity index (χ4v) is 8.37. The SMILES string of the molecule is C.C.C/C=C\C1=C(C)c2cccc3c(/C(C)=C/C=C4\c5c(C)cccc5-c5c4c(C(C)(C)C)c4ccccc4c5C(C)(C)C)ccc1c23.CC. The summed E-state index contributed by atoms with van der Waals surface area (Å²) in [5.74, 6) is 0. The number of hydrogen-bond acceptors (Lipinski definition) is 0. The van der Waals surface area contributed by atoms with Crippen LogP contribution in [0.1, 0.15) is 136 Å². The first-order valence-corrected chi connectivity index (χ1v) is 17.8. The molecule has 0 radical (unpaired) electrons. The van der Waals surface area contributed by atoms with Crippen molar-refractivity contribution < 1.29 is 0 Å². The van der Waals surface area contributed by atoms with Gasteiger partial charge in [-0.1, -0.05) is 167 Å². The van der Waals surface area contributed by atoms with Crippen molar-refractivity contribution in [3.63, 3.8) is 0 Å². The molecule has 7 rings (SSSR count). The smallest absolute Gasteiger partial charge is 0.00237 e. The molecule has 0 aromatic heterocycles. The summed E-state index contributed by atoms with van der Waals surface area (Å²) in [6.07, 6.45) is 9.23. The lowest BCUT2D eigenvalue weighted by molar-refractivity contribution is 0.586. The van der Waals surface area contributed by atoms with E-state index in [2.05, 4.69) is 166 Å². The lowest BCUT2D eigenvalue weighted by Gasteiger charge is -2.32. The van der Waals surface area contributed by atoms with Crippen molar-refractivity contribution >= 4 is 43.8 Å². The summed E-state index contributed by atoms with van der Waals surface area (Å²) in [5.41, 5.74) is 19.1. The highest BCUT2D eigenvalue weighted by molar-refractivity contribution is 6.17. The van der Waals surface area contributed by atoms with Gasteiger partial charge in [-0.3, -0.25) is 0 Å². The monoisotopic (exact) mass is 660 g/mol. The van der Waals surface area contributed by atoms with Crippen LogP contribution in [0.4, 0.5) is 0 Å². The van der Waals surface area contributed by atoms with Gasteiger partial charge in [-0.25, -0.2) is 0 Å². The molecule has 0 spiro atoms. The highest BCUT2D eigenvalue weighted by Gasteiger charge is 2.37. The van der Waals surface area contributed by atoms with Gasteiger partial charge in [0, 0.05) is 0 Å². The molecule has 50 heavy (non-hydrogen) atoms. The predicted molar refractivity (Wildman–Crippen MR) is 228 cm³/mol. The van der Waals surface area contributed by atoms with Gasteiger partial charge in [-0.2, -0.15) is 0 Å². The molecule has 5 aromatic rings. The largest absolute Gasteiger partial charge is 0.0870 e. The lowest BCUT2D eigenvalue weighted by Crippen LogP contribution is -2.19. The second-order valence-corrected chi connectivity index (χ2v) is 15.4. The predicted octanol–water partition coefficient (Wildman–Crippen LogP) is 15.5. The Morgan fingerprint density at radius 2 is 1.16 bits per heavy atom. The van der Waals surface area contributed by atoms with Crippen LogP contribution < -0.4 is 0 Å². The Labute approximate surface area is 304 Å². The zero-order valence-corrected chi connectivity index (χ0v) is 31.2. The standard InChI is InChI=1S/C46H46.C2H6.2CH4/c1-11-16-31-29(4)32-20-15-21-33-30(25-26-34(31)40(32)33)27(2)23-24-38-39-28(3)17-14-22-37(39)41-42(38)44(46(8,9)10)36-19-13-12-18-35(36)43(41)45(5,6)7;1-2;;/h11-26H,1-10H3;1-2H3;2*1H4/b16-11-,27-23+,38-24+;;;. The van der Waals surface area contributed by atoms with Gasteiger partial charge in [0.2, 0.25) is 0 Å². The minimum Gasteiger partial charge on any atom is -0.0870 e. The summed E-state index contributed by atoms with van der Waals surface area (Å²) in [4.78, 5) is 0. The van der Waals surface area contributed by atoms with E-state index in [4.69, 9.17) is 0 Å². The quantitative estimate of drug-likeness (QED) is 0.177. The van der Waals surface area contributed by atoms with Crippen LogP contribution in [0, 0.1) is 6.92 Å². The van der Waals surface area contributed by atoms with Crippen LogP contribution in [0.25, 0.3) is 55.0 Å². The molecule has 0 heterocycles. The second kappa shape index (κ2) is 14.1. The highest BCUT2D eigenvalue weighted by atomic mass is 14.4. The number of allylic oxidation sites excluding steroid dienone is 7. The van der Waals surface area contributed by atoms with E-state index in [1.165, 1.54) is 99.5 Å². The first-order valence-electron chi connectivity index (χ1n) is 17.8. The summed E-state index contributed by atoms with van der Waals surface area (Å²) in [6, 6.07) is 27.5. The normalized spacial score (nSPS) is 14.5. The van der Waals surface area contributed by atoms with Crippen LogP contribution in [0.15, 0.2) is 97.1 Å². The van der Waals surface area contributed by atoms with Crippen LogP contribution >= 0.6 is 0 Å². The molecule has 260 valence electrons. The molecule has 0 heteroatoms. The molecule has 0 bridgehead atoms. The summed E-state index contributed by atoms with van der Waals surface area (Å²) in [7, 11) is 0. The van der Waals surface area contributed by atoms with Crippen molar-refractivity contribution in [1.82, 2.24) is 0 Å². The number of aryl methyl sites for hydroxylation is 1. The minimum absolute atomic E-state index is 0. The van der Waals surface area contributed by atoms with E-state index in [1.54, 1.807) is 0 Å². The Bertz CT molecular complexity index is 2230. The van der Waals surface area contributed by atoms with Crippen molar-refractivity contribution in [1.29, 1.82) is 0 Å². The van der Waals surface area contributed by atoms with E-state index in [0.717, 1.165) is 0 Å². The highest BCUT2D eigenvalue weighted by Crippen LogP contribution is 2.56. The van der Waals surface area contributed by atoms with Gasteiger partial charge in [0.1, 0.15) is 0 Å². The van der Waals surface area contributed by atoms with Crippen LogP contribution in [0.3, 0.4) is 0 Å². The fourth-order valence-electron chi connectivity index (χ4n) is 8.37. The summed E-state index contributed by atoms with van der Waals surface area (Å²) in [5, 5.41) is 5.48. The van der Waals surface area contributed by atoms with Gasteiger partial charge in [-0.05, 0) is 138 Å². The molecule has 0 fully saturated rings. The maximum Gasteiger partial charge on any atom is -0.00237 e. The van der Waals surface area contributed by atoms with E-state index in [9.17, 15) is 0 Å². The zero-order valence-electron chi connectivity index (χ0n) is 31.2. The molecule has 0 atom stereocenters. The maximum absolute atomic E-state index is 2.43. The molecule has 0 amide bonds. The molecule has 0 saturated heterocycles. The lowest BCUT2D eigenvalue weighted by atomic mass is 9.72. The summed E-state index contributed by atoms with van der Waals surface area (Å²) < 4.78 is 0. The van der Waals surface area contributed by atoms with Gasteiger partial charge in [0.15, 0.2) is 0 Å². The molecule has 0 aliphatic heterocycles. The van der Waals surface area contributed by atoms with Gasteiger partial charge in [-0.15, -0.1) is 0 Å². The molecule has 0 saturated carbocycles. The average molecular weight is 661 g/mol. The van der Waals surface area contributed by atoms with Gasteiger partial charge in [0.05, 0.1) is 0 Å². The number of hydrogen-bond donors (Lipinski definition) is 0. The summed E-state index contributed by atoms with van der Waals surface area (Å²) >= 11 is 0. The Hall–Kier alpha value is -4.42. The fraction of sp³-hybridized carbons (Fsp3) is 0.320. The van der Waals surface area contributed by atoms with E-state index >= 15 is 0 Å². The molecule has 2 aliphatic carbocycles. The number of fused-ring (bicyclic) bond motifs is 4. The Morgan fingerprint density at radius 3 is 1.76 bits per heavy atom. The van der Waals surface area contributed by atoms with Crippen LogP contribution in [0.2, 0.25) is 0 Å². The number of rotatable bonds is 3. The van der Waals surface area contributed by atoms with Crippen molar-refractivity contribution in [2.75, 3.05) is 0 Å².